The van der Waals surface area contributed by atoms with Gasteiger partial charge < -0.3 is 0 Å². The van der Waals surface area contributed by atoms with Crippen LogP contribution in [0.3, 0.4) is 0 Å². The van der Waals surface area contributed by atoms with Crippen molar-refractivity contribution in [1.29, 1.82) is 0 Å². The van der Waals surface area contributed by atoms with Crippen molar-refractivity contribution < 1.29 is 0 Å². The molecular weight excluding hydrogens is 212 g/mol. The van der Waals surface area contributed by atoms with Crippen LogP contribution in [0.4, 0.5) is 0 Å². The van der Waals surface area contributed by atoms with E-state index >= 15 is 0 Å². The number of imidazole rings is 1. The fraction of sp³-hybridized carbons (Fsp3) is 0.154. The molecule has 3 aromatic rings. The lowest BCUT2D eigenvalue weighted by atomic mass is 10.2. The molecule has 0 N–H and O–H groups in total. The molecule has 0 radical (unpaired) electrons. The van der Waals surface area contributed by atoms with Gasteiger partial charge in [-0.25, -0.2) is 9.97 Å². The Labute approximate surface area is 99.0 Å². The molecule has 17 heavy (non-hydrogen) atoms. The zero-order valence-corrected chi connectivity index (χ0v) is 9.75. The van der Waals surface area contributed by atoms with Crippen LogP contribution in [0, 0.1) is 13.8 Å². The van der Waals surface area contributed by atoms with Crippen LogP contribution in [0.2, 0.25) is 0 Å². The first-order valence-electron chi connectivity index (χ1n) is 5.48. The van der Waals surface area contributed by atoms with E-state index in [4.69, 9.17) is 0 Å². The molecule has 0 atom stereocenters. The second-order valence-corrected chi connectivity index (χ2v) is 4.08. The minimum absolute atomic E-state index is 0.737. The van der Waals surface area contributed by atoms with E-state index in [1.807, 2.05) is 41.9 Å². The molecule has 0 amide bonds. The number of aromatic nitrogens is 4. The second kappa shape index (κ2) is 3.66. The maximum absolute atomic E-state index is 4.52. The van der Waals surface area contributed by atoms with Crippen LogP contribution < -0.4 is 0 Å². The third-order valence-corrected chi connectivity index (χ3v) is 2.72. The van der Waals surface area contributed by atoms with Gasteiger partial charge in [-0.15, -0.1) is 0 Å². The maximum Gasteiger partial charge on any atom is 0.234 e. The van der Waals surface area contributed by atoms with Crippen molar-refractivity contribution >= 4 is 5.78 Å². The predicted molar refractivity (Wildman–Crippen MR) is 65.7 cm³/mol. The Kier molecular flexibility index (Phi) is 2.14. The van der Waals surface area contributed by atoms with Crippen LogP contribution >= 0.6 is 0 Å². The molecule has 3 aromatic heterocycles. The molecule has 0 saturated carbocycles. The van der Waals surface area contributed by atoms with Crippen LogP contribution in [0.1, 0.15) is 11.4 Å². The molecule has 3 heterocycles. The standard InChI is InChI=1S/C13H12N4/c1-9-6-10(2)17-8-12(16-13(17)15-9)11-4-3-5-14-7-11/h3-8H,1-2H3. The summed E-state index contributed by atoms with van der Waals surface area (Å²) in [5, 5.41) is 0. The molecule has 0 aliphatic carbocycles. The number of nitrogens with zero attached hydrogens (tertiary/aromatic N) is 4. The second-order valence-electron chi connectivity index (χ2n) is 4.08. The van der Waals surface area contributed by atoms with E-state index in [-0.39, 0.29) is 0 Å². The van der Waals surface area contributed by atoms with Crippen molar-refractivity contribution in [3.05, 3.63) is 48.2 Å². The number of rotatable bonds is 1. The van der Waals surface area contributed by atoms with Crippen LogP contribution in [0.5, 0.6) is 0 Å². The topological polar surface area (TPSA) is 43.1 Å². The highest BCUT2D eigenvalue weighted by atomic mass is 15.1. The van der Waals surface area contributed by atoms with Crippen molar-refractivity contribution in [1.82, 2.24) is 19.4 Å². The van der Waals surface area contributed by atoms with Crippen molar-refractivity contribution in [2.75, 3.05) is 0 Å². The van der Waals surface area contributed by atoms with E-state index in [0.29, 0.717) is 0 Å². The summed E-state index contributed by atoms with van der Waals surface area (Å²) >= 11 is 0. The van der Waals surface area contributed by atoms with E-state index in [2.05, 4.69) is 21.9 Å². The molecule has 4 heteroatoms. The Morgan fingerprint density at radius 1 is 1.18 bits per heavy atom. The van der Waals surface area contributed by atoms with Crippen LogP contribution in [-0.4, -0.2) is 19.4 Å². The molecule has 0 fully saturated rings. The van der Waals surface area contributed by atoms with Crippen molar-refractivity contribution in [2.24, 2.45) is 0 Å². The van der Waals surface area contributed by atoms with Gasteiger partial charge in [0.25, 0.3) is 0 Å². The third kappa shape index (κ3) is 1.67. The summed E-state index contributed by atoms with van der Waals surface area (Å²) in [6.45, 7) is 4.03. The minimum atomic E-state index is 0.737. The van der Waals surface area contributed by atoms with Crippen LogP contribution in [0.25, 0.3) is 17.0 Å². The Morgan fingerprint density at radius 2 is 2.06 bits per heavy atom. The fourth-order valence-corrected chi connectivity index (χ4v) is 1.92. The monoisotopic (exact) mass is 224 g/mol. The molecule has 4 nitrogen and oxygen atoms in total. The summed E-state index contributed by atoms with van der Waals surface area (Å²) < 4.78 is 2.00. The summed E-state index contributed by atoms with van der Waals surface area (Å²) in [6, 6.07) is 5.95. The highest BCUT2D eigenvalue weighted by molar-refractivity contribution is 5.60. The van der Waals surface area contributed by atoms with E-state index < -0.39 is 0 Å². The molecule has 0 aliphatic heterocycles. The Balaban J connectivity index is 2.24. The zero-order chi connectivity index (χ0) is 11.8. The first kappa shape index (κ1) is 9.96. The minimum Gasteiger partial charge on any atom is -0.288 e. The molecule has 0 aromatic carbocycles. The largest absolute Gasteiger partial charge is 0.288 e. The van der Waals surface area contributed by atoms with E-state index in [9.17, 15) is 0 Å². The van der Waals surface area contributed by atoms with Gasteiger partial charge in [0, 0.05) is 35.5 Å². The molecular formula is C13H12N4. The van der Waals surface area contributed by atoms with Crippen molar-refractivity contribution in [3.63, 3.8) is 0 Å². The van der Waals surface area contributed by atoms with Gasteiger partial charge in [0.15, 0.2) is 0 Å². The summed E-state index contributed by atoms with van der Waals surface area (Å²) in [6.07, 6.45) is 5.56. The lowest BCUT2D eigenvalue weighted by molar-refractivity contribution is 1.01. The highest BCUT2D eigenvalue weighted by Gasteiger charge is 2.07. The summed E-state index contributed by atoms with van der Waals surface area (Å²) in [7, 11) is 0. The summed E-state index contributed by atoms with van der Waals surface area (Å²) in [5.74, 6) is 0.737. The Morgan fingerprint density at radius 3 is 2.82 bits per heavy atom. The highest BCUT2D eigenvalue weighted by Crippen LogP contribution is 2.18. The first-order chi connectivity index (χ1) is 8.24. The van der Waals surface area contributed by atoms with Gasteiger partial charge in [-0.1, -0.05) is 0 Å². The Bertz CT molecular complexity index is 670. The number of fused-ring (bicyclic) bond motifs is 1. The number of hydrogen-bond acceptors (Lipinski definition) is 3. The van der Waals surface area contributed by atoms with E-state index in [0.717, 1.165) is 28.4 Å². The normalized spacial score (nSPS) is 10.9. The smallest absolute Gasteiger partial charge is 0.234 e. The van der Waals surface area contributed by atoms with Gasteiger partial charge in [-0.2, -0.15) is 0 Å². The molecule has 0 spiro atoms. The molecule has 0 unspecified atom stereocenters. The van der Waals surface area contributed by atoms with Crippen LogP contribution in [-0.2, 0) is 0 Å². The molecule has 3 rings (SSSR count). The maximum atomic E-state index is 4.52. The number of aryl methyl sites for hydroxylation is 2. The first-order valence-corrected chi connectivity index (χ1v) is 5.48. The lowest BCUT2D eigenvalue weighted by Crippen LogP contribution is -1.94. The van der Waals surface area contributed by atoms with Gasteiger partial charge in [0.1, 0.15) is 0 Å². The third-order valence-electron chi connectivity index (χ3n) is 2.72. The summed E-state index contributed by atoms with van der Waals surface area (Å²) in [5.41, 5.74) is 4.03. The number of hydrogen-bond donors (Lipinski definition) is 0. The fourth-order valence-electron chi connectivity index (χ4n) is 1.92. The average molecular weight is 224 g/mol. The van der Waals surface area contributed by atoms with E-state index in [1.165, 1.54) is 0 Å². The van der Waals surface area contributed by atoms with E-state index in [1.54, 1.807) is 6.20 Å². The molecule has 0 saturated heterocycles. The SMILES string of the molecule is Cc1cc(C)n2cc(-c3cccnc3)nc2n1. The summed E-state index contributed by atoms with van der Waals surface area (Å²) in [4.78, 5) is 13.0. The zero-order valence-electron chi connectivity index (χ0n) is 9.75. The van der Waals surface area contributed by atoms with Gasteiger partial charge in [-0.3, -0.25) is 9.38 Å². The van der Waals surface area contributed by atoms with Crippen molar-refractivity contribution in [2.45, 2.75) is 13.8 Å². The predicted octanol–water partition coefficient (Wildman–Crippen LogP) is 2.41. The average Bonchev–Trinajstić information content (AvgIpc) is 2.74. The quantitative estimate of drug-likeness (QED) is 0.637. The lowest BCUT2D eigenvalue weighted by Gasteiger charge is -1.98. The van der Waals surface area contributed by atoms with Gasteiger partial charge in [0.2, 0.25) is 5.78 Å². The van der Waals surface area contributed by atoms with Gasteiger partial charge in [-0.05, 0) is 32.0 Å². The Hall–Kier alpha value is -2.23. The molecule has 0 bridgehead atoms. The van der Waals surface area contributed by atoms with Crippen LogP contribution in [0.15, 0.2) is 36.8 Å². The molecule has 84 valence electrons. The van der Waals surface area contributed by atoms with Gasteiger partial charge >= 0.3 is 0 Å². The van der Waals surface area contributed by atoms with Crippen molar-refractivity contribution in [3.8, 4) is 11.3 Å². The number of pyridine rings is 1. The molecule has 0 aliphatic rings. The van der Waals surface area contributed by atoms with Gasteiger partial charge in [0.05, 0.1) is 5.69 Å².